The zero-order valence-electron chi connectivity index (χ0n) is 5.50. The minimum Gasteiger partial charge on any atom is -0.299 e. The summed E-state index contributed by atoms with van der Waals surface area (Å²) >= 11 is 0. The largest absolute Gasteiger partial charge is 0.299 e. The fourth-order valence-corrected chi connectivity index (χ4v) is 0.882. The van der Waals surface area contributed by atoms with Gasteiger partial charge in [-0.3, -0.25) is 4.79 Å². The Hall–Kier alpha value is -0.850. The van der Waals surface area contributed by atoms with E-state index in [4.69, 9.17) is 0 Å². The van der Waals surface area contributed by atoms with Gasteiger partial charge in [0.05, 0.1) is 0 Å². The van der Waals surface area contributed by atoms with Gasteiger partial charge < -0.3 is 0 Å². The number of ketones is 1. The van der Waals surface area contributed by atoms with Gasteiger partial charge in [-0.2, -0.15) is 0 Å². The van der Waals surface area contributed by atoms with Crippen molar-refractivity contribution in [3.8, 4) is 0 Å². The van der Waals surface area contributed by atoms with Crippen LogP contribution in [0.2, 0.25) is 0 Å². The van der Waals surface area contributed by atoms with Crippen molar-refractivity contribution in [3.05, 3.63) is 24.3 Å². The SMILES string of the molecule is CC(=O)[C@H]1C=CC=CC1. The molecule has 0 unspecified atom stereocenters. The number of Topliss-reactive ketones (excluding diaryl/α,β-unsaturated/α-hetero) is 1. The van der Waals surface area contributed by atoms with Crippen molar-refractivity contribution < 1.29 is 4.79 Å². The van der Waals surface area contributed by atoms with Crippen molar-refractivity contribution in [1.82, 2.24) is 0 Å². The normalized spacial score (nSPS) is 24.3. The fourth-order valence-electron chi connectivity index (χ4n) is 0.882. The molecule has 48 valence electrons. The highest BCUT2D eigenvalue weighted by Crippen LogP contribution is 2.11. The van der Waals surface area contributed by atoms with Crippen molar-refractivity contribution in [2.45, 2.75) is 13.3 Å². The fraction of sp³-hybridized carbons (Fsp3) is 0.375. The second-order valence-corrected chi connectivity index (χ2v) is 2.27. The number of allylic oxidation sites excluding steroid dienone is 4. The number of hydrogen-bond donors (Lipinski definition) is 0. The summed E-state index contributed by atoms with van der Waals surface area (Å²) in [6.07, 6.45) is 8.75. The van der Waals surface area contributed by atoms with E-state index in [2.05, 4.69) is 0 Å². The molecule has 0 N–H and O–H groups in total. The van der Waals surface area contributed by atoms with Crippen LogP contribution in [-0.4, -0.2) is 5.78 Å². The summed E-state index contributed by atoms with van der Waals surface area (Å²) in [5.41, 5.74) is 0. The number of carbonyl (C=O) groups is 1. The van der Waals surface area contributed by atoms with Gasteiger partial charge in [-0.05, 0) is 13.3 Å². The highest BCUT2D eigenvalue weighted by Gasteiger charge is 2.08. The molecular weight excluding hydrogens is 112 g/mol. The van der Waals surface area contributed by atoms with Crippen LogP contribution in [0.1, 0.15) is 13.3 Å². The van der Waals surface area contributed by atoms with Gasteiger partial charge in [0.1, 0.15) is 5.78 Å². The van der Waals surface area contributed by atoms with Crippen molar-refractivity contribution >= 4 is 5.78 Å². The minimum absolute atomic E-state index is 0.148. The van der Waals surface area contributed by atoms with Crippen LogP contribution in [0.25, 0.3) is 0 Å². The third-order valence-electron chi connectivity index (χ3n) is 1.50. The Morgan fingerprint density at radius 1 is 1.56 bits per heavy atom. The zero-order chi connectivity index (χ0) is 6.69. The Kier molecular flexibility index (Phi) is 1.83. The zero-order valence-corrected chi connectivity index (χ0v) is 5.50. The molecule has 1 aliphatic carbocycles. The van der Waals surface area contributed by atoms with E-state index in [-0.39, 0.29) is 11.7 Å². The highest BCUT2D eigenvalue weighted by molar-refractivity contribution is 5.80. The first-order valence-electron chi connectivity index (χ1n) is 3.14. The van der Waals surface area contributed by atoms with Gasteiger partial charge in [-0.15, -0.1) is 0 Å². The van der Waals surface area contributed by atoms with Gasteiger partial charge >= 0.3 is 0 Å². The third kappa shape index (κ3) is 1.53. The summed E-state index contributed by atoms with van der Waals surface area (Å²) in [6.45, 7) is 1.63. The lowest BCUT2D eigenvalue weighted by Gasteiger charge is -2.06. The van der Waals surface area contributed by atoms with E-state index < -0.39 is 0 Å². The molecule has 0 saturated carbocycles. The van der Waals surface area contributed by atoms with Crippen LogP contribution < -0.4 is 0 Å². The molecule has 1 heteroatoms. The smallest absolute Gasteiger partial charge is 0.136 e. The van der Waals surface area contributed by atoms with Gasteiger partial charge in [0.2, 0.25) is 0 Å². The predicted molar refractivity (Wildman–Crippen MR) is 37.1 cm³/mol. The lowest BCUT2D eigenvalue weighted by Crippen LogP contribution is -2.07. The van der Waals surface area contributed by atoms with E-state index in [1.165, 1.54) is 0 Å². The molecule has 0 heterocycles. The van der Waals surface area contributed by atoms with Gasteiger partial charge in [0.15, 0.2) is 0 Å². The molecule has 0 fully saturated rings. The van der Waals surface area contributed by atoms with E-state index in [1.54, 1.807) is 6.92 Å². The van der Waals surface area contributed by atoms with Gasteiger partial charge in [-0.25, -0.2) is 0 Å². The van der Waals surface area contributed by atoms with Crippen LogP contribution in [0, 0.1) is 5.92 Å². The molecule has 0 spiro atoms. The second kappa shape index (κ2) is 2.62. The first-order valence-corrected chi connectivity index (χ1v) is 3.14. The Morgan fingerprint density at radius 2 is 2.33 bits per heavy atom. The molecule has 0 bridgehead atoms. The van der Waals surface area contributed by atoms with Crippen LogP contribution in [0.15, 0.2) is 24.3 Å². The van der Waals surface area contributed by atoms with Gasteiger partial charge in [0.25, 0.3) is 0 Å². The maximum atomic E-state index is 10.7. The average molecular weight is 122 g/mol. The molecule has 0 radical (unpaired) electrons. The van der Waals surface area contributed by atoms with Crippen LogP contribution in [-0.2, 0) is 4.79 Å². The quantitative estimate of drug-likeness (QED) is 0.517. The van der Waals surface area contributed by atoms with Crippen LogP contribution in [0.3, 0.4) is 0 Å². The Morgan fingerprint density at radius 3 is 2.67 bits per heavy atom. The lowest BCUT2D eigenvalue weighted by atomic mass is 9.97. The van der Waals surface area contributed by atoms with Crippen molar-refractivity contribution in [2.75, 3.05) is 0 Å². The van der Waals surface area contributed by atoms with Crippen molar-refractivity contribution in [2.24, 2.45) is 5.92 Å². The first-order chi connectivity index (χ1) is 4.30. The van der Waals surface area contributed by atoms with E-state index in [1.807, 2.05) is 24.3 Å². The van der Waals surface area contributed by atoms with E-state index in [0.29, 0.717) is 0 Å². The maximum absolute atomic E-state index is 10.7. The molecule has 1 nitrogen and oxygen atoms in total. The summed E-state index contributed by atoms with van der Waals surface area (Å²) in [4.78, 5) is 10.7. The highest BCUT2D eigenvalue weighted by atomic mass is 16.1. The van der Waals surface area contributed by atoms with E-state index >= 15 is 0 Å². The number of hydrogen-bond acceptors (Lipinski definition) is 1. The number of carbonyl (C=O) groups excluding carboxylic acids is 1. The monoisotopic (exact) mass is 122 g/mol. The minimum atomic E-state index is 0.148. The molecular formula is C8H10O. The molecule has 1 atom stereocenters. The summed E-state index contributed by atoms with van der Waals surface area (Å²) < 4.78 is 0. The summed E-state index contributed by atoms with van der Waals surface area (Å²) in [5, 5.41) is 0. The number of rotatable bonds is 1. The lowest BCUT2D eigenvalue weighted by molar-refractivity contribution is -0.119. The molecule has 9 heavy (non-hydrogen) atoms. The average Bonchev–Trinajstić information content (AvgIpc) is 1.90. The maximum Gasteiger partial charge on any atom is 0.136 e. The van der Waals surface area contributed by atoms with E-state index in [9.17, 15) is 4.79 Å². The van der Waals surface area contributed by atoms with E-state index in [0.717, 1.165) is 6.42 Å². The Balaban J connectivity index is 2.56. The van der Waals surface area contributed by atoms with Crippen molar-refractivity contribution in [3.63, 3.8) is 0 Å². The van der Waals surface area contributed by atoms with Crippen LogP contribution >= 0.6 is 0 Å². The second-order valence-electron chi connectivity index (χ2n) is 2.27. The molecule has 0 aromatic rings. The standard InChI is InChI=1S/C8H10O/c1-7(9)8-5-3-2-4-6-8/h2-5,8H,6H2,1H3/t8-/m0/s1. The molecule has 0 aromatic carbocycles. The summed E-state index contributed by atoms with van der Waals surface area (Å²) in [7, 11) is 0. The molecule has 0 saturated heterocycles. The Labute approximate surface area is 55.1 Å². The van der Waals surface area contributed by atoms with Crippen molar-refractivity contribution in [1.29, 1.82) is 0 Å². The van der Waals surface area contributed by atoms with Gasteiger partial charge in [-0.1, -0.05) is 24.3 Å². The molecule has 1 aliphatic rings. The van der Waals surface area contributed by atoms with Crippen LogP contribution in [0.4, 0.5) is 0 Å². The third-order valence-corrected chi connectivity index (χ3v) is 1.50. The summed E-state index contributed by atoms with van der Waals surface area (Å²) in [5.74, 6) is 0.408. The molecule has 0 amide bonds. The Bertz CT molecular complexity index is 165. The van der Waals surface area contributed by atoms with Crippen LogP contribution in [0.5, 0.6) is 0 Å². The molecule has 1 rings (SSSR count). The molecule has 0 aromatic heterocycles. The topological polar surface area (TPSA) is 17.1 Å². The summed E-state index contributed by atoms with van der Waals surface area (Å²) in [6, 6.07) is 0. The first kappa shape index (κ1) is 6.27. The predicted octanol–water partition coefficient (Wildman–Crippen LogP) is 1.71. The molecule has 0 aliphatic heterocycles. The van der Waals surface area contributed by atoms with Gasteiger partial charge in [0, 0.05) is 5.92 Å².